The van der Waals surface area contributed by atoms with Gasteiger partial charge in [-0.25, -0.2) is 13.1 Å². The zero-order valence-electron chi connectivity index (χ0n) is 11.4. The molecule has 0 saturated carbocycles. The SMILES string of the molecule is CC(N)c1ccc(S(=O)(=O)NCC2COCCO2)cc1. The van der Waals surface area contributed by atoms with E-state index in [1.807, 2.05) is 6.92 Å². The summed E-state index contributed by atoms with van der Waals surface area (Å²) in [6, 6.07) is 6.43. The normalized spacial score (nSPS) is 21.6. The van der Waals surface area contributed by atoms with Crippen LogP contribution in [0.5, 0.6) is 0 Å². The molecular weight excluding hydrogens is 280 g/mol. The van der Waals surface area contributed by atoms with Crippen molar-refractivity contribution < 1.29 is 17.9 Å². The van der Waals surface area contributed by atoms with Gasteiger partial charge in [-0.15, -0.1) is 0 Å². The summed E-state index contributed by atoms with van der Waals surface area (Å²) in [7, 11) is -3.53. The summed E-state index contributed by atoms with van der Waals surface area (Å²) < 4.78 is 37.4. The highest BCUT2D eigenvalue weighted by Gasteiger charge is 2.19. The lowest BCUT2D eigenvalue weighted by Crippen LogP contribution is -2.39. The number of rotatable bonds is 5. The van der Waals surface area contributed by atoms with Gasteiger partial charge in [-0.3, -0.25) is 0 Å². The van der Waals surface area contributed by atoms with Gasteiger partial charge in [0.2, 0.25) is 10.0 Å². The number of hydrogen-bond donors (Lipinski definition) is 2. The minimum Gasteiger partial charge on any atom is -0.376 e. The van der Waals surface area contributed by atoms with Crippen LogP contribution in [0.15, 0.2) is 29.2 Å². The molecule has 0 amide bonds. The molecule has 6 nitrogen and oxygen atoms in total. The molecule has 7 heteroatoms. The fraction of sp³-hybridized carbons (Fsp3) is 0.538. The molecule has 2 unspecified atom stereocenters. The van der Waals surface area contributed by atoms with E-state index >= 15 is 0 Å². The third-order valence-corrected chi connectivity index (χ3v) is 4.54. The molecule has 1 fully saturated rings. The Morgan fingerprint density at radius 3 is 2.60 bits per heavy atom. The number of benzene rings is 1. The van der Waals surface area contributed by atoms with E-state index < -0.39 is 10.0 Å². The molecule has 0 radical (unpaired) electrons. The average Bonchev–Trinajstić information content (AvgIpc) is 2.46. The van der Waals surface area contributed by atoms with Crippen molar-refractivity contribution >= 4 is 10.0 Å². The first kappa shape index (κ1) is 15.4. The summed E-state index contributed by atoms with van der Waals surface area (Å²) in [5.74, 6) is 0. The van der Waals surface area contributed by atoms with Crippen LogP contribution < -0.4 is 10.5 Å². The van der Waals surface area contributed by atoms with Gasteiger partial charge in [0.25, 0.3) is 0 Å². The summed E-state index contributed by atoms with van der Waals surface area (Å²) in [5.41, 5.74) is 6.63. The predicted octanol–water partition coefficient (Wildman–Crippen LogP) is 0.400. The maximum atomic E-state index is 12.1. The van der Waals surface area contributed by atoms with Crippen LogP contribution in [0.1, 0.15) is 18.5 Å². The quantitative estimate of drug-likeness (QED) is 0.821. The number of ether oxygens (including phenoxy) is 2. The molecule has 0 aliphatic carbocycles. The lowest BCUT2D eigenvalue weighted by molar-refractivity contribution is -0.0846. The molecule has 20 heavy (non-hydrogen) atoms. The second-order valence-electron chi connectivity index (χ2n) is 4.78. The van der Waals surface area contributed by atoms with Gasteiger partial charge in [-0.2, -0.15) is 0 Å². The third-order valence-electron chi connectivity index (χ3n) is 3.10. The van der Waals surface area contributed by atoms with Gasteiger partial charge in [0, 0.05) is 12.6 Å². The van der Waals surface area contributed by atoms with Gasteiger partial charge in [-0.1, -0.05) is 12.1 Å². The van der Waals surface area contributed by atoms with E-state index in [-0.39, 0.29) is 23.6 Å². The highest BCUT2D eigenvalue weighted by Crippen LogP contribution is 2.14. The van der Waals surface area contributed by atoms with Crippen LogP contribution in [0.25, 0.3) is 0 Å². The van der Waals surface area contributed by atoms with E-state index in [1.165, 1.54) is 0 Å². The van der Waals surface area contributed by atoms with Gasteiger partial charge >= 0.3 is 0 Å². The first-order valence-corrected chi connectivity index (χ1v) is 8.02. The van der Waals surface area contributed by atoms with Crippen LogP contribution >= 0.6 is 0 Å². The molecule has 1 aliphatic heterocycles. The molecule has 3 N–H and O–H groups in total. The lowest BCUT2D eigenvalue weighted by atomic mass is 10.1. The summed E-state index contributed by atoms with van der Waals surface area (Å²) in [6.45, 7) is 3.52. The zero-order valence-corrected chi connectivity index (χ0v) is 12.2. The van der Waals surface area contributed by atoms with Crippen LogP contribution in [-0.4, -0.2) is 40.9 Å². The first-order valence-electron chi connectivity index (χ1n) is 6.53. The highest BCUT2D eigenvalue weighted by atomic mass is 32.2. The largest absolute Gasteiger partial charge is 0.376 e. The number of nitrogens with two attached hydrogens (primary N) is 1. The number of hydrogen-bond acceptors (Lipinski definition) is 5. The molecule has 1 aromatic rings. The molecule has 1 heterocycles. The van der Waals surface area contributed by atoms with Gasteiger partial charge in [-0.05, 0) is 24.6 Å². The van der Waals surface area contributed by atoms with Crippen molar-refractivity contribution in [2.75, 3.05) is 26.4 Å². The average molecular weight is 300 g/mol. The molecule has 0 bridgehead atoms. The fourth-order valence-corrected chi connectivity index (χ4v) is 2.96. The molecule has 0 spiro atoms. The molecular formula is C13H20N2O4S. The van der Waals surface area contributed by atoms with Crippen molar-refractivity contribution in [2.45, 2.75) is 24.0 Å². The van der Waals surface area contributed by atoms with Crippen LogP contribution in [-0.2, 0) is 19.5 Å². The summed E-state index contributed by atoms with van der Waals surface area (Å²) in [6.07, 6.45) is -0.234. The Kier molecular flexibility index (Phi) is 5.11. The predicted molar refractivity (Wildman–Crippen MR) is 74.8 cm³/mol. The smallest absolute Gasteiger partial charge is 0.240 e. The van der Waals surface area contributed by atoms with Gasteiger partial charge in [0.1, 0.15) is 0 Å². The van der Waals surface area contributed by atoms with E-state index in [0.717, 1.165) is 5.56 Å². The Labute approximate surface area is 119 Å². The Morgan fingerprint density at radius 1 is 1.35 bits per heavy atom. The van der Waals surface area contributed by atoms with E-state index in [4.69, 9.17) is 15.2 Å². The Bertz CT molecular complexity index is 522. The van der Waals surface area contributed by atoms with Crippen molar-refractivity contribution in [3.8, 4) is 0 Å². The van der Waals surface area contributed by atoms with Crippen molar-refractivity contribution in [3.05, 3.63) is 29.8 Å². The Morgan fingerprint density at radius 2 is 2.05 bits per heavy atom. The lowest BCUT2D eigenvalue weighted by Gasteiger charge is -2.23. The minimum absolute atomic E-state index is 0.118. The topological polar surface area (TPSA) is 90.7 Å². The third kappa shape index (κ3) is 4.00. The summed E-state index contributed by atoms with van der Waals surface area (Å²) in [5, 5.41) is 0. The van der Waals surface area contributed by atoms with Crippen LogP contribution in [0.3, 0.4) is 0 Å². The molecule has 1 aromatic carbocycles. The van der Waals surface area contributed by atoms with Crippen LogP contribution in [0, 0.1) is 0 Å². The highest BCUT2D eigenvalue weighted by molar-refractivity contribution is 7.89. The van der Waals surface area contributed by atoms with Crippen molar-refractivity contribution in [3.63, 3.8) is 0 Å². The molecule has 1 aliphatic rings. The fourth-order valence-electron chi connectivity index (χ4n) is 1.89. The molecule has 0 aromatic heterocycles. The summed E-state index contributed by atoms with van der Waals surface area (Å²) >= 11 is 0. The van der Waals surface area contributed by atoms with Crippen molar-refractivity contribution in [2.24, 2.45) is 5.73 Å². The number of nitrogens with one attached hydrogen (secondary N) is 1. The van der Waals surface area contributed by atoms with Gasteiger partial charge < -0.3 is 15.2 Å². The van der Waals surface area contributed by atoms with Crippen molar-refractivity contribution in [1.82, 2.24) is 4.72 Å². The van der Waals surface area contributed by atoms with Crippen molar-refractivity contribution in [1.29, 1.82) is 0 Å². The maximum absolute atomic E-state index is 12.1. The second-order valence-corrected chi connectivity index (χ2v) is 6.54. The van der Waals surface area contributed by atoms with E-state index in [9.17, 15) is 8.42 Å². The maximum Gasteiger partial charge on any atom is 0.240 e. The molecule has 2 atom stereocenters. The Hall–Kier alpha value is -0.990. The second kappa shape index (κ2) is 6.64. The molecule has 1 saturated heterocycles. The van der Waals surface area contributed by atoms with E-state index in [2.05, 4.69) is 4.72 Å². The summed E-state index contributed by atoms with van der Waals surface area (Å²) in [4.78, 5) is 0.221. The van der Waals surface area contributed by atoms with Crippen LogP contribution in [0.4, 0.5) is 0 Å². The monoisotopic (exact) mass is 300 g/mol. The van der Waals surface area contributed by atoms with Gasteiger partial charge in [0.15, 0.2) is 0 Å². The molecule has 2 rings (SSSR count). The standard InChI is InChI=1S/C13H20N2O4S/c1-10(14)11-2-4-13(5-3-11)20(16,17)15-8-12-9-18-6-7-19-12/h2-5,10,12,15H,6-9,14H2,1H3. The minimum atomic E-state index is -3.53. The van der Waals surface area contributed by atoms with Crippen LogP contribution in [0.2, 0.25) is 0 Å². The first-order chi connectivity index (χ1) is 9.49. The van der Waals surface area contributed by atoms with E-state index in [1.54, 1.807) is 24.3 Å². The van der Waals surface area contributed by atoms with E-state index in [0.29, 0.717) is 19.8 Å². The number of sulfonamides is 1. The zero-order chi connectivity index (χ0) is 14.6. The Balaban J connectivity index is 1.98. The molecule has 112 valence electrons. The van der Waals surface area contributed by atoms with Gasteiger partial charge in [0.05, 0.1) is 30.8 Å².